The van der Waals surface area contributed by atoms with Crippen molar-refractivity contribution in [2.75, 3.05) is 7.11 Å². The zero-order valence-corrected chi connectivity index (χ0v) is 12.0. The Morgan fingerprint density at radius 3 is 2.74 bits per heavy atom. The van der Waals surface area contributed by atoms with Gasteiger partial charge in [0.05, 0.1) is 7.11 Å². The first-order chi connectivity index (χ1) is 8.99. The topological polar surface area (TPSA) is 38.3 Å². The number of hydrogen-bond acceptors (Lipinski definition) is 3. The van der Waals surface area contributed by atoms with Gasteiger partial charge in [0.15, 0.2) is 0 Å². The van der Waals surface area contributed by atoms with Gasteiger partial charge in [0.2, 0.25) is 0 Å². The van der Waals surface area contributed by atoms with Gasteiger partial charge < -0.3 is 4.74 Å². The maximum absolute atomic E-state index is 13.6. The number of rotatable bonds is 6. The van der Waals surface area contributed by atoms with Crippen LogP contribution in [-0.4, -0.2) is 19.1 Å². The predicted molar refractivity (Wildman–Crippen MR) is 73.2 cm³/mol. The minimum absolute atomic E-state index is 0.139. The number of esters is 1. The molecule has 0 aliphatic carbocycles. The zero-order valence-electron chi connectivity index (χ0n) is 12.0. The summed E-state index contributed by atoms with van der Waals surface area (Å²) in [6.45, 7) is 6.21. The van der Waals surface area contributed by atoms with Gasteiger partial charge in [0, 0.05) is 12.1 Å². The largest absolute Gasteiger partial charge is 0.468 e. The van der Waals surface area contributed by atoms with Gasteiger partial charge in [-0.1, -0.05) is 38.0 Å². The molecular formula is C15H22FNO2. The summed E-state index contributed by atoms with van der Waals surface area (Å²) >= 11 is 0. The first-order valence-electron chi connectivity index (χ1n) is 6.55. The molecule has 0 radical (unpaired) electrons. The molecule has 19 heavy (non-hydrogen) atoms. The Morgan fingerprint density at radius 1 is 1.47 bits per heavy atom. The second kappa shape index (κ2) is 7.24. The molecule has 106 valence electrons. The molecule has 4 heteroatoms. The van der Waals surface area contributed by atoms with E-state index in [0.717, 1.165) is 12.0 Å². The average molecular weight is 267 g/mol. The van der Waals surface area contributed by atoms with Gasteiger partial charge in [-0.25, -0.2) is 4.39 Å². The fourth-order valence-electron chi connectivity index (χ4n) is 1.94. The predicted octanol–water partition coefficient (Wildman–Crippen LogP) is 2.81. The summed E-state index contributed by atoms with van der Waals surface area (Å²) in [6.07, 6.45) is 0.850. The molecule has 0 aromatic heterocycles. The summed E-state index contributed by atoms with van der Waals surface area (Å²) in [4.78, 5) is 11.7. The highest BCUT2D eigenvalue weighted by Gasteiger charge is 2.24. The summed E-state index contributed by atoms with van der Waals surface area (Å²) < 4.78 is 18.4. The molecule has 0 aliphatic rings. The van der Waals surface area contributed by atoms with Crippen LogP contribution in [0.3, 0.4) is 0 Å². The molecule has 1 aromatic rings. The number of carbonyl (C=O) groups excluding carboxylic acids is 1. The fraction of sp³-hybridized carbons (Fsp3) is 0.533. The van der Waals surface area contributed by atoms with Gasteiger partial charge in [-0.05, 0) is 18.9 Å². The third kappa shape index (κ3) is 4.31. The maximum Gasteiger partial charge on any atom is 0.323 e. The Bertz CT molecular complexity index is 434. The number of ether oxygens (including phenoxy) is 1. The Balaban J connectivity index is 2.75. The van der Waals surface area contributed by atoms with Crippen LogP contribution in [0.1, 0.15) is 31.4 Å². The minimum atomic E-state index is -0.407. The van der Waals surface area contributed by atoms with Crippen molar-refractivity contribution in [1.29, 1.82) is 0 Å². The van der Waals surface area contributed by atoms with Crippen molar-refractivity contribution in [2.24, 2.45) is 5.92 Å². The second-order valence-corrected chi connectivity index (χ2v) is 4.86. The molecule has 0 aliphatic heterocycles. The van der Waals surface area contributed by atoms with E-state index < -0.39 is 6.04 Å². The normalized spacial score (nSPS) is 13.9. The van der Waals surface area contributed by atoms with Crippen molar-refractivity contribution < 1.29 is 13.9 Å². The quantitative estimate of drug-likeness (QED) is 0.805. The fourth-order valence-corrected chi connectivity index (χ4v) is 1.94. The summed E-state index contributed by atoms with van der Waals surface area (Å²) in [6, 6.07) is 4.55. The maximum atomic E-state index is 13.6. The van der Waals surface area contributed by atoms with Crippen LogP contribution in [0.5, 0.6) is 0 Å². The lowest BCUT2D eigenvalue weighted by atomic mass is 9.99. The van der Waals surface area contributed by atoms with Crippen molar-refractivity contribution in [3.63, 3.8) is 0 Å². The standard InChI is InChI=1S/C15H22FNO2/c1-5-11(3)14(15(18)19-4)17-9-12-8-10(2)6-7-13(12)16/h6-8,11,14,17H,5,9H2,1-4H3. The Hall–Kier alpha value is -1.42. The minimum Gasteiger partial charge on any atom is -0.468 e. The van der Waals surface area contributed by atoms with Crippen molar-refractivity contribution in [3.05, 3.63) is 35.1 Å². The molecule has 0 spiro atoms. The number of hydrogen-bond donors (Lipinski definition) is 1. The summed E-state index contributed by atoms with van der Waals surface area (Å²) in [7, 11) is 1.37. The van der Waals surface area contributed by atoms with E-state index in [1.165, 1.54) is 13.2 Å². The summed E-state index contributed by atoms with van der Waals surface area (Å²) in [5, 5.41) is 3.09. The lowest BCUT2D eigenvalue weighted by Crippen LogP contribution is -2.42. The molecular weight excluding hydrogens is 245 g/mol. The van der Waals surface area contributed by atoms with E-state index in [0.29, 0.717) is 12.1 Å². The highest BCUT2D eigenvalue weighted by molar-refractivity contribution is 5.75. The number of nitrogens with one attached hydrogen (secondary N) is 1. The highest BCUT2D eigenvalue weighted by atomic mass is 19.1. The smallest absolute Gasteiger partial charge is 0.323 e. The van der Waals surface area contributed by atoms with Gasteiger partial charge in [0.25, 0.3) is 0 Å². The second-order valence-electron chi connectivity index (χ2n) is 4.86. The van der Waals surface area contributed by atoms with Gasteiger partial charge in [-0.15, -0.1) is 0 Å². The number of aryl methyl sites for hydroxylation is 1. The monoisotopic (exact) mass is 267 g/mol. The van der Waals surface area contributed by atoms with Gasteiger partial charge in [-0.2, -0.15) is 0 Å². The Kier molecular flexibility index (Phi) is 5.96. The van der Waals surface area contributed by atoms with Crippen LogP contribution in [0.4, 0.5) is 4.39 Å². The van der Waals surface area contributed by atoms with Crippen LogP contribution in [0.15, 0.2) is 18.2 Å². The molecule has 0 heterocycles. The van der Waals surface area contributed by atoms with Crippen molar-refractivity contribution in [2.45, 2.75) is 39.8 Å². The third-order valence-corrected chi connectivity index (χ3v) is 3.38. The van der Waals surface area contributed by atoms with Crippen molar-refractivity contribution in [3.8, 4) is 0 Å². The van der Waals surface area contributed by atoms with E-state index in [1.807, 2.05) is 20.8 Å². The molecule has 3 nitrogen and oxygen atoms in total. The first kappa shape index (κ1) is 15.6. The van der Waals surface area contributed by atoms with E-state index in [-0.39, 0.29) is 17.7 Å². The summed E-state index contributed by atoms with van der Waals surface area (Å²) in [5.41, 5.74) is 1.56. The van der Waals surface area contributed by atoms with Crippen molar-refractivity contribution in [1.82, 2.24) is 5.32 Å². The molecule has 1 aromatic carbocycles. The summed E-state index contributed by atoms with van der Waals surface area (Å²) in [5.74, 6) is -0.423. The molecule has 2 unspecified atom stereocenters. The van der Waals surface area contributed by atoms with E-state index >= 15 is 0 Å². The molecule has 0 bridgehead atoms. The molecule has 0 saturated carbocycles. The molecule has 1 rings (SSSR count). The van der Waals surface area contributed by atoms with Gasteiger partial charge in [-0.3, -0.25) is 10.1 Å². The SMILES string of the molecule is CCC(C)C(NCc1cc(C)ccc1F)C(=O)OC. The lowest BCUT2D eigenvalue weighted by molar-refractivity contribution is -0.144. The molecule has 1 N–H and O–H groups in total. The van der Waals surface area contributed by atoms with Gasteiger partial charge in [0.1, 0.15) is 11.9 Å². The van der Waals surface area contributed by atoms with Crippen LogP contribution >= 0.6 is 0 Å². The van der Waals surface area contributed by atoms with E-state index in [9.17, 15) is 9.18 Å². The number of methoxy groups -OCH3 is 1. The first-order valence-corrected chi connectivity index (χ1v) is 6.55. The Labute approximate surface area is 114 Å². The average Bonchev–Trinajstić information content (AvgIpc) is 2.41. The Morgan fingerprint density at radius 2 is 2.16 bits per heavy atom. The number of benzene rings is 1. The van der Waals surface area contributed by atoms with E-state index in [1.54, 1.807) is 12.1 Å². The lowest BCUT2D eigenvalue weighted by Gasteiger charge is -2.22. The van der Waals surface area contributed by atoms with E-state index in [2.05, 4.69) is 5.32 Å². The van der Waals surface area contributed by atoms with Gasteiger partial charge >= 0.3 is 5.97 Å². The molecule has 2 atom stereocenters. The van der Waals surface area contributed by atoms with Crippen molar-refractivity contribution >= 4 is 5.97 Å². The third-order valence-electron chi connectivity index (χ3n) is 3.38. The van der Waals surface area contributed by atoms with Crippen LogP contribution in [0.2, 0.25) is 0 Å². The number of carbonyl (C=O) groups is 1. The highest BCUT2D eigenvalue weighted by Crippen LogP contribution is 2.13. The van der Waals surface area contributed by atoms with Crippen LogP contribution < -0.4 is 5.32 Å². The molecule has 0 saturated heterocycles. The number of halogens is 1. The molecule has 0 fully saturated rings. The molecule has 0 amide bonds. The zero-order chi connectivity index (χ0) is 14.4. The van der Waals surface area contributed by atoms with Crippen LogP contribution in [0, 0.1) is 18.7 Å². The van der Waals surface area contributed by atoms with E-state index in [4.69, 9.17) is 4.74 Å². The van der Waals surface area contributed by atoms with Crippen LogP contribution in [-0.2, 0) is 16.1 Å². The van der Waals surface area contributed by atoms with Crippen LogP contribution in [0.25, 0.3) is 0 Å².